The summed E-state index contributed by atoms with van der Waals surface area (Å²) >= 11 is 0. The van der Waals surface area contributed by atoms with Crippen LogP contribution < -0.4 is 0 Å². The van der Waals surface area contributed by atoms with E-state index in [4.69, 9.17) is 4.74 Å². The molecule has 110 valence electrons. The number of carbonyl (C=O) groups is 1. The Morgan fingerprint density at radius 3 is 2.64 bits per heavy atom. The third kappa shape index (κ3) is 3.23. The number of aryl methyl sites for hydroxylation is 1. The summed E-state index contributed by atoms with van der Waals surface area (Å²) in [7, 11) is 0. The molecular formula is C18H16N2O2. The molecule has 3 aromatic rings. The molecule has 0 N–H and O–H groups in total. The maximum atomic E-state index is 12.0. The van der Waals surface area contributed by atoms with Gasteiger partial charge in [-0.25, -0.2) is 9.48 Å². The summed E-state index contributed by atoms with van der Waals surface area (Å²) in [4.78, 5) is 12.0. The van der Waals surface area contributed by atoms with Crippen LogP contribution in [-0.2, 0) is 11.3 Å². The maximum Gasteiger partial charge on any atom is 0.338 e. The molecule has 1 aromatic heterocycles. The Labute approximate surface area is 129 Å². The van der Waals surface area contributed by atoms with Gasteiger partial charge in [0.2, 0.25) is 0 Å². The fourth-order valence-electron chi connectivity index (χ4n) is 2.17. The highest BCUT2D eigenvalue weighted by molar-refractivity contribution is 5.89. The van der Waals surface area contributed by atoms with Gasteiger partial charge in [-0.2, -0.15) is 5.10 Å². The lowest BCUT2D eigenvalue weighted by Gasteiger charge is -2.07. The summed E-state index contributed by atoms with van der Waals surface area (Å²) in [5.74, 6) is -0.306. The van der Waals surface area contributed by atoms with Gasteiger partial charge in [-0.3, -0.25) is 0 Å². The van der Waals surface area contributed by atoms with E-state index in [2.05, 4.69) is 5.10 Å². The number of esters is 1. The van der Waals surface area contributed by atoms with E-state index >= 15 is 0 Å². The van der Waals surface area contributed by atoms with Crippen molar-refractivity contribution in [3.8, 4) is 5.69 Å². The molecule has 4 heteroatoms. The molecule has 0 spiro atoms. The summed E-state index contributed by atoms with van der Waals surface area (Å²) in [5.41, 5.74) is 3.53. The number of ether oxygens (including phenoxy) is 1. The Balaban J connectivity index is 1.63. The van der Waals surface area contributed by atoms with Gasteiger partial charge in [0.15, 0.2) is 0 Å². The first kappa shape index (κ1) is 14.1. The average Bonchev–Trinajstić information content (AvgIpc) is 3.07. The number of carbonyl (C=O) groups excluding carboxylic acids is 1. The smallest absolute Gasteiger partial charge is 0.338 e. The van der Waals surface area contributed by atoms with Crippen LogP contribution in [0.1, 0.15) is 21.5 Å². The molecule has 3 rings (SSSR count). The van der Waals surface area contributed by atoms with Crippen LogP contribution in [0.15, 0.2) is 67.0 Å². The minimum Gasteiger partial charge on any atom is -0.457 e. The number of hydrogen-bond donors (Lipinski definition) is 0. The van der Waals surface area contributed by atoms with Crippen LogP contribution in [0.25, 0.3) is 5.69 Å². The quantitative estimate of drug-likeness (QED) is 0.691. The molecule has 0 aliphatic rings. The Bertz CT molecular complexity index is 762. The van der Waals surface area contributed by atoms with Crippen molar-refractivity contribution < 1.29 is 9.53 Å². The predicted octanol–water partition coefficient (Wildman–Crippen LogP) is 3.54. The van der Waals surface area contributed by atoms with Gasteiger partial charge in [-0.1, -0.05) is 29.8 Å². The number of benzene rings is 2. The summed E-state index contributed by atoms with van der Waals surface area (Å²) in [6.07, 6.45) is 3.62. The molecule has 0 aliphatic heterocycles. The Morgan fingerprint density at radius 1 is 1.14 bits per heavy atom. The zero-order valence-corrected chi connectivity index (χ0v) is 12.3. The molecule has 0 aliphatic carbocycles. The van der Waals surface area contributed by atoms with E-state index in [1.165, 1.54) is 0 Å². The molecule has 0 amide bonds. The zero-order chi connectivity index (χ0) is 15.4. The second kappa shape index (κ2) is 6.26. The van der Waals surface area contributed by atoms with Crippen molar-refractivity contribution in [3.05, 3.63) is 83.7 Å². The second-order valence-electron chi connectivity index (χ2n) is 5.06. The SMILES string of the molecule is Cc1cccc(C(=O)OCc2ccc(-n3cccn3)cc2)c1. The minimum absolute atomic E-state index is 0.256. The first-order valence-electron chi connectivity index (χ1n) is 7.05. The molecule has 0 fully saturated rings. The van der Waals surface area contributed by atoms with E-state index in [0.717, 1.165) is 16.8 Å². The van der Waals surface area contributed by atoms with Crippen LogP contribution in [-0.4, -0.2) is 15.7 Å². The van der Waals surface area contributed by atoms with Gasteiger partial charge in [0.1, 0.15) is 6.61 Å². The molecule has 22 heavy (non-hydrogen) atoms. The van der Waals surface area contributed by atoms with Gasteiger partial charge in [-0.05, 0) is 42.8 Å². The van der Waals surface area contributed by atoms with Crippen LogP contribution in [0.3, 0.4) is 0 Å². The Kier molecular flexibility index (Phi) is 4.01. The molecule has 0 bridgehead atoms. The minimum atomic E-state index is -0.306. The van der Waals surface area contributed by atoms with Crippen molar-refractivity contribution in [3.63, 3.8) is 0 Å². The average molecular weight is 292 g/mol. The van der Waals surface area contributed by atoms with E-state index in [9.17, 15) is 4.79 Å². The van der Waals surface area contributed by atoms with Crippen LogP contribution in [0.5, 0.6) is 0 Å². The van der Waals surface area contributed by atoms with Gasteiger partial charge in [-0.15, -0.1) is 0 Å². The molecule has 1 heterocycles. The highest BCUT2D eigenvalue weighted by Crippen LogP contribution is 2.11. The summed E-state index contributed by atoms with van der Waals surface area (Å²) in [6.45, 7) is 2.21. The Morgan fingerprint density at radius 2 is 1.95 bits per heavy atom. The molecule has 0 saturated heterocycles. The van der Waals surface area contributed by atoms with Gasteiger partial charge in [0.25, 0.3) is 0 Å². The van der Waals surface area contributed by atoms with Crippen LogP contribution in [0, 0.1) is 6.92 Å². The van der Waals surface area contributed by atoms with Crippen molar-refractivity contribution in [2.75, 3.05) is 0 Å². The third-order valence-corrected chi connectivity index (χ3v) is 3.33. The van der Waals surface area contributed by atoms with Crippen molar-refractivity contribution in [1.29, 1.82) is 0 Å². The maximum absolute atomic E-state index is 12.0. The fourth-order valence-corrected chi connectivity index (χ4v) is 2.17. The molecular weight excluding hydrogens is 276 g/mol. The lowest BCUT2D eigenvalue weighted by atomic mass is 10.1. The first-order chi connectivity index (χ1) is 10.7. The molecule has 2 aromatic carbocycles. The van der Waals surface area contributed by atoms with Gasteiger partial charge in [0, 0.05) is 12.4 Å². The number of rotatable bonds is 4. The van der Waals surface area contributed by atoms with Gasteiger partial charge >= 0.3 is 5.97 Å². The summed E-state index contributed by atoms with van der Waals surface area (Å²) in [5, 5.41) is 4.17. The van der Waals surface area contributed by atoms with E-state index in [1.807, 2.05) is 61.7 Å². The highest BCUT2D eigenvalue weighted by Gasteiger charge is 2.07. The molecule has 0 unspecified atom stereocenters. The molecule has 0 saturated carbocycles. The Hall–Kier alpha value is -2.88. The van der Waals surface area contributed by atoms with Crippen molar-refractivity contribution >= 4 is 5.97 Å². The summed E-state index contributed by atoms with van der Waals surface area (Å²) < 4.78 is 7.12. The first-order valence-corrected chi connectivity index (χ1v) is 7.05. The van der Waals surface area contributed by atoms with Crippen molar-refractivity contribution in [2.45, 2.75) is 13.5 Å². The lowest BCUT2D eigenvalue weighted by Crippen LogP contribution is -2.05. The standard InChI is InChI=1S/C18H16N2O2/c1-14-4-2-5-16(12-14)18(21)22-13-15-6-8-17(9-7-15)20-11-3-10-19-20/h2-12H,13H2,1H3. The summed E-state index contributed by atoms with van der Waals surface area (Å²) in [6, 6.07) is 17.0. The third-order valence-electron chi connectivity index (χ3n) is 3.33. The fraction of sp³-hybridized carbons (Fsp3) is 0.111. The number of hydrogen-bond acceptors (Lipinski definition) is 3. The van der Waals surface area contributed by atoms with E-state index in [1.54, 1.807) is 16.9 Å². The number of nitrogens with zero attached hydrogens (tertiary/aromatic N) is 2. The van der Waals surface area contributed by atoms with E-state index < -0.39 is 0 Å². The zero-order valence-electron chi connectivity index (χ0n) is 12.3. The second-order valence-corrected chi connectivity index (χ2v) is 5.06. The van der Waals surface area contributed by atoms with Gasteiger partial charge < -0.3 is 4.74 Å². The topological polar surface area (TPSA) is 44.1 Å². The van der Waals surface area contributed by atoms with Crippen LogP contribution in [0.4, 0.5) is 0 Å². The normalized spacial score (nSPS) is 10.4. The van der Waals surface area contributed by atoms with Crippen LogP contribution in [0.2, 0.25) is 0 Å². The van der Waals surface area contributed by atoms with Crippen molar-refractivity contribution in [1.82, 2.24) is 9.78 Å². The molecule has 0 atom stereocenters. The molecule has 0 radical (unpaired) electrons. The predicted molar refractivity (Wildman–Crippen MR) is 83.9 cm³/mol. The largest absolute Gasteiger partial charge is 0.457 e. The molecule has 4 nitrogen and oxygen atoms in total. The highest BCUT2D eigenvalue weighted by atomic mass is 16.5. The monoisotopic (exact) mass is 292 g/mol. The van der Waals surface area contributed by atoms with Crippen LogP contribution >= 0.6 is 0 Å². The van der Waals surface area contributed by atoms with Gasteiger partial charge in [0.05, 0.1) is 11.3 Å². The van der Waals surface area contributed by atoms with E-state index in [-0.39, 0.29) is 12.6 Å². The lowest BCUT2D eigenvalue weighted by molar-refractivity contribution is 0.0472. The van der Waals surface area contributed by atoms with E-state index in [0.29, 0.717) is 5.56 Å². The van der Waals surface area contributed by atoms with Crippen molar-refractivity contribution in [2.24, 2.45) is 0 Å². The number of aromatic nitrogens is 2.